The molecule has 0 saturated heterocycles. The van der Waals surface area contributed by atoms with E-state index in [0.29, 0.717) is 12.3 Å². The lowest BCUT2D eigenvalue weighted by atomic mass is 9.94. The quantitative estimate of drug-likeness (QED) is 0.841. The fraction of sp³-hybridized carbons (Fsp3) is 0.636. The monoisotopic (exact) mass is 227 g/mol. The first kappa shape index (κ1) is 12.2. The average molecular weight is 227 g/mol. The minimum absolute atomic E-state index is 0.273. The van der Waals surface area contributed by atoms with Gasteiger partial charge < -0.3 is 5.11 Å². The van der Waals surface area contributed by atoms with Crippen molar-refractivity contribution in [2.75, 3.05) is 0 Å². The third-order valence-corrected chi connectivity index (χ3v) is 3.16. The van der Waals surface area contributed by atoms with Gasteiger partial charge in [-0.15, -0.1) is 11.3 Å². The molecule has 1 N–H and O–H groups in total. The highest BCUT2D eigenvalue weighted by Gasteiger charge is 2.20. The number of carboxylic acid groups (broad SMARTS) is 1. The largest absolute Gasteiger partial charge is 0.481 e. The summed E-state index contributed by atoms with van der Waals surface area (Å²) < 4.78 is 0. The third-order valence-electron chi connectivity index (χ3n) is 2.22. The van der Waals surface area contributed by atoms with E-state index in [9.17, 15) is 4.79 Å². The predicted molar refractivity (Wildman–Crippen MR) is 61.1 cm³/mol. The highest BCUT2D eigenvalue weighted by Crippen LogP contribution is 2.21. The zero-order chi connectivity index (χ0) is 11.4. The topological polar surface area (TPSA) is 50.2 Å². The Morgan fingerprint density at radius 2 is 2.27 bits per heavy atom. The van der Waals surface area contributed by atoms with Crippen LogP contribution in [0.3, 0.4) is 0 Å². The molecule has 0 fully saturated rings. The van der Waals surface area contributed by atoms with E-state index >= 15 is 0 Å². The van der Waals surface area contributed by atoms with Crippen molar-refractivity contribution in [2.45, 2.75) is 33.6 Å². The van der Waals surface area contributed by atoms with Crippen LogP contribution in [0.1, 0.15) is 30.2 Å². The molecule has 0 spiro atoms. The summed E-state index contributed by atoms with van der Waals surface area (Å²) in [4.78, 5) is 16.2. The summed E-state index contributed by atoms with van der Waals surface area (Å²) >= 11 is 1.59. The molecule has 1 atom stereocenters. The van der Waals surface area contributed by atoms with E-state index in [1.54, 1.807) is 17.5 Å². The van der Waals surface area contributed by atoms with Crippen molar-refractivity contribution in [1.29, 1.82) is 0 Å². The van der Waals surface area contributed by atoms with Crippen molar-refractivity contribution in [2.24, 2.45) is 11.8 Å². The Bertz CT molecular complexity index is 333. The summed E-state index contributed by atoms with van der Waals surface area (Å²) in [5.74, 6) is -0.556. The highest BCUT2D eigenvalue weighted by molar-refractivity contribution is 7.11. The van der Waals surface area contributed by atoms with E-state index < -0.39 is 5.97 Å². The van der Waals surface area contributed by atoms with Crippen LogP contribution in [-0.4, -0.2) is 16.1 Å². The average Bonchev–Trinajstić information content (AvgIpc) is 2.49. The fourth-order valence-corrected chi connectivity index (χ4v) is 2.46. The molecule has 84 valence electrons. The number of carboxylic acids is 1. The molecule has 0 amide bonds. The molecule has 1 aromatic heterocycles. The number of carbonyl (C=O) groups is 1. The van der Waals surface area contributed by atoms with Crippen LogP contribution in [-0.2, 0) is 11.2 Å². The summed E-state index contributed by atoms with van der Waals surface area (Å²) in [5.41, 5.74) is 0. The summed E-state index contributed by atoms with van der Waals surface area (Å²) in [5, 5.41) is 10.1. The summed E-state index contributed by atoms with van der Waals surface area (Å²) in [7, 11) is 0. The Morgan fingerprint density at radius 3 is 2.67 bits per heavy atom. The molecule has 3 nitrogen and oxygen atoms in total. The molecule has 1 heterocycles. The van der Waals surface area contributed by atoms with Gasteiger partial charge in [0.2, 0.25) is 0 Å². The van der Waals surface area contributed by atoms with Crippen molar-refractivity contribution in [3.8, 4) is 0 Å². The van der Waals surface area contributed by atoms with Gasteiger partial charge in [0.25, 0.3) is 0 Å². The Kier molecular flexibility index (Phi) is 4.27. The summed E-state index contributed by atoms with van der Waals surface area (Å²) in [6, 6.07) is 0. The molecule has 0 aromatic carbocycles. The first-order chi connectivity index (χ1) is 6.99. The van der Waals surface area contributed by atoms with Gasteiger partial charge in [0.05, 0.1) is 10.9 Å². The normalized spacial score (nSPS) is 13.1. The van der Waals surface area contributed by atoms with Gasteiger partial charge in [-0.05, 0) is 25.7 Å². The first-order valence-corrected chi connectivity index (χ1v) is 5.94. The standard InChI is InChI=1S/C11H17NO2S/c1-7(2)4-9(11(13)14)5-10-6-12-8(3)15-10/h6-7,9H,4-5H2,1-3H3,(H,13,14). The van der Waals surface area contributed by atoms with Crippen LogP contribution in [0.2, 0.25) is 0 Å². The molecule has 1 rings (SSSR count). The van der Waals surface area contributed by atoms with Gasteiger partial charge in [-0.1, -0.05) is 13.8 Å². The van der Waals surface area contributed by atoms with Crippen molar-refractivity contribution < 1.29 is 9.90 Å². The zero-order valence-corrected chi connectivity index (χ0v) is 10.2. The maximum atomic E-state index is 11.0. The second-order valence-electron chi connectivity index (χ2n) is 4.21. The van der Waals surface area contributed by atoms with Crippen LogP contribution in [0.15, 0.2) is 6.20 Å². The highest BCUT2D eigenvalue weighted by atomic mass is 32.1. The number of thiazole rings is 1. The van der Waals surface area contributed by atoms with Crippen molar-refractivity contribution in [3.05, 3.63) is 16.1 Å². The van der Waals surface area contributed by atoms with Crippen LogP contribution < -0.4 is 0 Å². The minimum atomic E-state index is -0.699. The SMILES string of the molecule is Cc1ncc(CC(CC(C)C)C(=O)O)s1. The second kappa shape index (κ2) is 5.26. The van der Waals surface area contributed by atoms with Crippen molar-refractivity contribution in [3.63, 3.8) is 0 Å². The Balaban J connectivity index is 2.62. The number of aromatic nitrogens is 1. The minimum Gasteiger partial charge on any atom is -0.481 e. The lowest BCUT2D eigenvalue weighted by Crippen LogP contribution is -2.18. The number of nitrogens with zero attached hydrogens (tertiary/aromatic N) is 1. The van der Waals surface area contributed by atoms with Crippen LogP contribution in [0.25, 0.3) is 0 Å². The molecule has 0 aliphatic carbocycles. The van der Waals surface area contributed by atoms with E-state index in [1.165, 1.54) is 0 Å². The molecule has 1 aromatic rings. The molecule has 0 radical (unpaired) electrons. The smallest absolute Gasteiger partial charge is 0.306 e. The molecule has 0 aliphatic rings. The maximum absolute atomic E-state index is 11.0. The van der Waals surface area contributed by atoms with Crippen LogP contribution in [0.4, 0.5) is 0 Å². The molecule has 0 bridgehead atoms. The van der Waals surface area contributed by atoms with Crippen molar-refractivity contribution >= 4 is 17.3 Å². The summed E-state index contributed by atoms with van der Waals surface area (Å²) in [6.45, 7) is 6.04. The molecular formula is C11H17NO2S. The number of hydrogen-bond donors (Lipinski definition) is 1. The van der Waals surface area contributed by atoms with E-state index in [0.717, 1.165) is 16.3 Å². The van der Waals surface area contributed by atoms with Gasteiger partial charge >= 0.3 is 5.97 Å². The zero-order valence-electron chi connectivity index (χ0n) is 9.36. The third kappa shape index (κ3) is 4.00. The molecule has 15 heavy (non-hydrogen) atoms. The van der Waals surface area contributed by atoms with Crippen LogP contribution in [0, 0.1) is 18.8 Å². The van der Waals surface area contributed by atoms with E-state index in [1.807, 2.05) is 20.8 Å². The lowest BCUT2D eigenvalue weighted by Gasteiger charge is -2.12. The Labute approximate surface area is 94.2 Å². The van der Waals surface area contributed by atoms with Crippen LogP contribution in [0.5, 0.6) is 0 Å². The van der Waals surface area contributed by atoms with Gasteiger partial charge in [-0.3, -0.25) is 4.79 Å². The van der Waals surface area contributed by atoms with E-state index in [-0.39, 0.29) is 5.92 Å². The lowest BCUT2D eigenvalue weighted by molar-refractivity contribution is -0.142. The van der Waals surface area contributed by atoms with Crippen molar-refractivity contribution in [1.82, 2.24) is 4.98 Å². The molecule has 4 heteroatoms. The Morgan fingerprint density at radius 1 is 1.60 bits per heavy atom. The van der Waals surface area contributed by atoms with E-state index in [2.05, 4.69) is 4.98 Å². The first-order valence-electron chi connectivity index (χ1n) is 5.13. The van der Waals surface area contributed by atoms with E-state index in [4.69, 9.17) is 5.11 Å². The molecular weight excluding hydrogens is 210 g/mol. The summed E-state index contributed by atoms with van der Waals surface area (Å²) in [6.07, 6.45) is 3.13. The number of aliphatic carboxylic acids is 1. The number of hydrogen-bond acceptors (Lipinski definition) is 3. The molecule has 0 aliphatic heterocycles. The van der Waals surface area contributed by atoms with Gasteiger partial charge in [0.1, 0.15) is 0 Å². The molecule has 0 saturated carbocycles. The number of aryl methyl sites for hydroxylation is 1. The van der Waals surface area contributed by atoms with Gasteiger partial charge in [0.15, 0.2) is 0 Å². The van der Waals surface area contributed by atoms with Crippen LogP contribution >= 0.6 is 11.3 Å². The number of rotatable bonds is 5. The second-order valence-corrected chi connectivity index (χ2v) is 5.53. The van der Waals surface area contributed by atoms with Gasteiger partial charge in [-0.2, -0.15) is 0 Å². The molecule has 1 unspecified atom stereocenters. The fourth-order valence-electron chi connectivity index (χ4n) is 1.58. The van der Waals surface area contributed by atoms with Gasteiger partial charge in [0, 0.05) is 11.1 Å². The maximum Gasteiger partial charge on any atom is 0.306 e. The Hall–Kier alpha value is -0.900. The van der Waals surface area contributed by atoms with Gasteiger partial charge in [-0.25, -0.2) is 4.98 Å². The predicted octanol–water partition coefficient (Wildman–Crippen LogP) is 2.74.